The second-order valence-electron chi connectivity index (χ2n) is 10.6. The van der Waals surface area contributed by atoms with Gasteiger partial charge in [-0.1, -0.05) is 57.6 Å². The second-order valence-corrected chi connectivity index (χ2v) is 12.5. The third kappa shape index (κ3) is 8.01. The van der Waals surface area contributed by atoms with E-state index >= 15 is 0 Å². The van der Waals surface area contributed by atoms with E-state index in [0.717, 1.165) is 5.56 Å². The second kappa shape index (κ2) is 15.9. The van der Waals surface area contributed by atoms with Crippen molar-refractivity contribution in [1.29, 1.82) is 0 Å². The number of amides is 1. The molecule has 49 heavy (non-hydrogen) atoms. The van der Waals surface area contributed by atoms with Crippen molar-refractivity contribution in [3.63, 3.8) is 0 Å². The van der Waals surface area contributed by atoms with E-state index in [0.29, 0.717) is 60.0 Å². The maximum absolute atomic E-state index is 14.0. The third-order valence-corrected chi connectivity index (χ3v) is 8.99. The molecule has 1 amide bonds. The molecule has 1 atom stereocenters. The molecule has 3 aromatic carbocycles. The lowest BCUT2D eigenvalue weighted by Gasteiger charge is -2.24. The number of anilines is 1. The SMILES string of the molecule is CCOC(=O)C1=C(C)N=c2s/c(=C\c3cc(OCC)c(OCC(=O)Nc4ccc(C(=O)OCC)cc4)cc3Br)c(=O)n2[C@H]1c1ccccc1. The monoisotopic (exact) mass is 747 g/mol. The summed E-state index contributed by atoms with van der Waals surface area (Å²) in [7, 11) is 0. The van der Waals surface area contributed by atoms with Crippen molar-refractivity contribution < 1.29 is 33.3 Å². The Morgan fingerprint density at radius 2 is 1.59 bits per heavy atom. The normalized spacial score (nSPS) is 14.1. The summed E-state index contributed by atoms with van der Waals surface area (Å²) in [5, 5.41) is 2.73. The zero-order chi connectivity index (χ0) is 35.1. The number of allylic oxidation sites excluding steroid dienone is 1. The molecule has 11 nitrogen and oxygen atoms in total. The minimum absolute atomic E-state index is 0.189. The van der Waals surface area contributed by atoms with E-state index in [1.165, 1.54) is 15.9 Å². The molecule has 0 saturated heterocycles. The van der Waals surface area contributed by atoms with Crippen LogP contribution in [0.3, 0.4) is 0 Å². The van der Waals surface area contributed by atoms with E-state index in [-0.39, 0.29) is 25.4 Å². The molecule has 1 aliphatic heterocycles. The van der Waals surface area contributed by atoms with Crippen molar-refractivity contribution in [2.45, 2.75) is 33.7 Å². The first-order valence-corrected chi connectivity index (χ1v) is 17.2. The van der Waals surface area contributed by atoms with Crippen molar-refractivity contribution in [1.82, 2.24) is 4.57 Å². The maximum Gasteiger partial charge on any atom is 0.338 e. The van der Waals surface area contributed by atoms with Gasteiger partial charge >= 0.3 is 11.9 Å². The highest BCUT2D eigenvalue weighted by molar-refractivity contribution is 9.10. The molecule has 0 radical (unpaired) electrons. The van der Waals surface area contributed by atoms with Crippen LogP contribution in [0.4, 0.5) is 5.69 Å². The fraction of sp³-hybridized carbons (Fsp3) is 0.250. The average molecular weight is 749 g/mol. The zero-order valence-corrected chi connectivity index (χ0v) is 29.7. The molecule has 4 aromatic rings. The molecule has 0 spiro atoms. The van der Waals surface area contributed by atoms with E-state index in [2.05, 4.69) is 26.2 Å². The molecular weight excluding hydrogens is 714 g/mol. The Balaban J connectivity index is 1.42. The molecule has 0 saturated carbocycles. The van der Waals surface area contributed by atoms with Crippen molar-refractivity contribution in [2.75, 3.05) is 31.7 Å². The molecule has 0 unspecified atom stereocenters. The Morgan fingerprint density at radius 3 is 2.27 bits per heavy atom. The first kappa shape index (κ1) is 35.3. The van der Waals surface area contributed by atoms with Gasteiger partial charge in [0.1, 0.15) is 0 Å². The van der Waals surface area contributed by atoms with Gasteiger partial charge in [-0.25, -0.2) is 14.6 Å². The zero-order valence-electron chi connectivity index (χ0n) is 27.3. The number of carbonyl (C=O) groups is 3. The molecule has 13 heteroatoms. The number of halogens is 1. The highest BCUT2D eigenvalue weighted by atomic mass is 79.9. The lowest BCUT2D eigenvalue weighted by molar-refractivity contribution is -0.139. The molecule has 1 aliphatic rings. The third-order valence-electron chi connectivity index (χ3n) is 7.32. The summed E-state index contributed by atoms with van der Waals surface area (Å²) >= 11 is 4.79. The molecule has 2 heterocycles. The van der Waals surface area contributed by atoms with Crippen molar-refractivity contribution in [2.24, 2.45) is 4.99 Å². The summed E-state index contributed by atoms with van der Waals surface area (Å²) in [6.07, 6.45) is 1.72. The van der Waals surface area contributed by atoms with Crippen LogP contribution < -0.4 is 29.7 Å². The Hall–Kier alpha value is -5.01. The van der Waals surface area contributed by atoms with Crippen LogP contribution in [0, 0.1) is 0 Å². The van der Waals surface area contributed by atoms with E-state index in [1.54, 1.807) is 63.2 Å². The largest absolute Gasteiger partial charge is 0.490 e. The molecule has 254 valence electrons. The van der Waals surface area contributed by atoms with Crippen LogP contribution in [0.5, 0.6) is 11.5 Å². The van der Waals surface area contributed by atoms with E-state index in [4.69, 9.17) is 18.9 Å². The summed E-state index contributed by atoms with van der Waals surface area (Å²) in [4.78, 5) is 56.8. The summed E-state index contributed by atoms with van der Waals surface area (Å²) in [6.45, 7) is 7.49. The number of thiazole rings is 1. The summed E-state index contributed by atoms with van der Waals surface area (Å²) in [5.41, 5.74) is 2.73. The Labute approximate surface area is 294 Å². The van der Waals surface area contributed by atoms with Crippen LogP contribution in [0.2, 0.25) is 0 Å². The molecule has 5 rings (SSSR count). The quantitative estimate of drug-likeness (QED) is 0.197. The van der Waals surface area contributed by atoms with Gasteiger partial charge < -0.3 is 24.3 Å². The number of carbonyl (C=O) groups excluding carboxylic acids is 3. The standard InChI is InChI=1S/C36H34BrN3O8S/c1-5-45-27-17-24(26(37)19-28(27)48-20-30(41)39-25-15-13-23(14-16-25)34(43)46-6-2)18-29-33(42)40-32(22-11-9-8-10-12-22)31(35(44)47-7-3)21(4)38-36(40)49-29/h8-19,32H,5-7,20H2,1-4H3,(H,39,41)/b29-18-/t32-/m0/s1. The van der Waals surface area contributed by atoms with Crippen LogP contribution in [-0.2, 0) is 19.1 Å². The number of hydrogen-bond acceptors (Lipinski definition) is 10. The van der Waals surface area contributed by atoms with Crippen LogP contribution in [0.15, 0.2) is 92.3 Å². The topological polar surface area (TPSA) is 135 Å². The Bertz CT molecular complexity index is 2090. The predicted molar refractivity (Wildman–Crippen MR) is 189 cm³/mol. The molecule has 1 aromatic heterocycles. The van der Waals surface area contributed by atoms with Crippen LogP contribution in [0.25, 0.3) is 6.08 Å². The van der Waals surface area contributed by atoms with Gasteiger partial charge in [0, 0.05) is 10.2 Å². The van der Waals surface area contributed by atoms with Gasteiger partial charge in [-0.3, -0.25) is 14.2 Å². The molecule has 0 bridgehead atoms. The van der Waals surface area contributed by atoms with Gasteiger partial charge in [0.15, 0.2) is 22.9 Å². The number of fused-ring (bicyclic) bond motifs is 1. The first-order valence-electron chi connectivity index (χ1n) is 15.6. The van der Waals surface area contributed by atoms with Crippen molar-refractivity contribution in [3.05, 3.63) is 119 Å². The fourth-order valence-electron chi connectivity index (χ4n) is 5.17. The van der Waals surface area contributed by atoms with Crippen molar-refractivity contribution >= 4 is 56.9 Å². The van der Waals surface area contributed by atoms with Crippen LogP contribution >= 0.6 is 27.3 Å². The summed E-state index contributed by atoms with van der Waals surface area (Å²) < 4.78 is 24.5. The van der Waals surface area contributed by atoms with Crippen LogP contribution in [0.1, 0.15) is 55.2 Å². The highest BCUT2D eigenvalue weighted by Gasteiger charge is 2.33. The van der Waals surface area contributed by atoms with E-state index < -0.39 is 23.9 Å². The van der Waals surface area contributed by atoms with E-state index in [1.807, 2.05) is 37.3 Å². The number of nitrogens with one attached hydrogen (secondary N) is 1. The number of nitrogens with zero attached hydrogens (tertiary/aromatic N) is 2. The molecule has 1 N–H and O–H groups in total. The van der Waals surface area contributed by atoms with Crippen LogP contribution in [-0.4, -0.2) is 48.8 Å². The predicted octanol–water partition coefficient (Wildman–Crippen LogP) is 5.15. The fourth-order valence-corrected chi connectivity index (χ4v) is 6.64. The van der Waals surface area contributed by atoms with Gasteiger partial charge in [0.05, 0.1) is 47.2 Å². The average Bonchev–Trinajstić information content (AvgIpc) is 3.39. The van der Waals surface area contributed by atoms with Gasteiger partial charge in [-0.15, -0.1) is 0 Å². The number of rotatable bonds is 12. The lowest BCUT2D eigenvalue weighted by atomic mass is 9.96. The van der Waals surface area contributed by atoms with Gasteiger partial charge in [-0.05, 0) is 81.3 Å². The molecule has 0 fully saturated rings. The Kier molecular flexibility index (Phi) is 11.5. The summed E-state index contributed by atoms with van der Waals surface area (Å²) in [6, 6.07) is 18.3. The van der Waals surface area contributed by atoms with E-state index in [9.17, 15) is 19.2 Å². The maximum atomic E-state index is 14.0. The van der Waals surface area contributed by atoms with Crippen molar-refractivity contribution in [3.8, 4) is 11.5 Å². The number of hydrogen-bond donors (Lipinski definition) is 1. The number of ether oxygens (including phenoxy) is 4. The van der Waals surface area contributed by atoms with Gasteiger partial charge in [0.2, 0.25) is 0 Å². The smallest absolute Gasteiger partial charge is 0.338 e. The number of benzene rings is 3. The molecular formula is C36H34BrN3O8S. The first-order chi connectivity index (χ1) is 23.6. The minimum atomic E-state index is -0.710. The Morgan fingerprint density at radius 1 is 0.918 bits per heavy atom. The number of esters is 2. The highest BCUT2D eigenvalue weighted by Crippen LogP contribution is 2.35. The minimum Gasteiger partial charge on any atom is -0.490 e. The van der Waals surface area contributed by atoms with Gasteiger partial charge in [-0.2, -0.15) is 0 Å². The number of aromatic nitrogens is 1. The molecule has 0 aliphatic carbocycles. The van der Waals surface area contributed by atoms with Gasteiger partial charge in [0.25, 0.3) is 11.5 Å². The summed E-state index contributed by atoms with van der Waals surface area (Å²) in [5.74, 6) is -0.688. The lowest BCUT2D eigenvalue weighted by Crippen LogP contribution is -2.39.